The molecule has 3 nitrogen and oxygen atoms in total. The van der Waals surface area contributed by atoms with Gasteiger partial charge in [-0.25, -0.2) is 4.99 Å². The molecule has 0 unspecified atom stereocenters. The van der Waals surface area contributed by atoms with Gasteiger partial charge in [-0.2, -0.15) is 0 Å². The maximum absolute atomic E-state index is 4.44. The summed E-state index contributed by atoms with van der Waals surface area (Å²) in [5.41, 5.74) is 0. The van der Waals surface area contributed by atoms with Crippen molar-refractivity contribution >= 4 is 5.84 Å². The second kappa shape index (κ2) is 6.40. The fourth-order valence-electron chi connectivity index (χ4n) is 1.57. The summed E-state index contributed by atoms with van der Waals surface area (Å²) in [5, 5.41) is 0. The Morgan fingerprint density at radius 1 is 1.07 bits per heavy atom. The first kappa shape index (κ1) is 12.0. The predicted molar refractivity (Wildman–Crippen MR) is 66.1 cm³/mol. The predicted octanol–water partition coefficient (Wildman–Crippen LogP) is 1.74. The Kier molecular flexibility index (Phi) is 5.12. The number of allylic oxidation sites excluding steroid dienone is 2. The highest BCUT2D eigenvalue weighted by molar-refractivity contribution is 5.93. The molecule has 0 radical (unpaired) electrons. The van der Waals surface area contributed by atoms with E-state index in [4.69, 9.17) is 0 Å². The Hall–Kier alpha value is -1.09. The molecule has 1 heterocycles. The average Bonchev–Trinajstić information content (AvgIpc) is 2.25. The zero-order valence-corrected chi connectivity index (χ0v) is 9.98. The van der Waals surface area contributed by atoms with E-state index in [0.29, 0.717) is 0 Å². The van der Waals surface area contributed by atoms with Gasteiger partial charge in [-0.15, -0.1) is 0 Å². The highest BCUT2D eigenvalue weighted by Crippen LogP contribution is 2.02. The summed E-state index contributed by atoms with van der Waals surface area (Å²) < 4.78 is 0. The summed E-state index contributed by atoms with van der Waals surface area (Å²) in [7, 11) is 2.16. The first-order chi connectivity index (χ1) is 7.27. The number of rotatable bonds is 2. The van der Waals surface area contributed by atoms with Crippen LogP contribution in [0.3, 0.4) is 0 Å². The van der Waals surface area contributed by atoms with Gasteiger partial charge in [0.15, 0.2) is 0 Å². The smallest absolute Gasteiger partial charge is 0.128 e. The quantitative estimate of drug-likeness (QED) is 0.507. The number of nitrogens with zero attached hydrogens (tertiary/aromatic N) is 3. The van der Waals surface area contributed by atoms with E-state index in [9.17, 15) is 0 Å². The van der Waals surface area contributed by atoms with Crippen LogP contribution in [-0.4, -0.2) is 48.9 Å². The van der Waals surface area contributed by atoms with Gasteiger partial charge in [-0.3, -0.25) is 0 Å². The summed E-state index contributed by atoms with van der Waals surface area (Å²) in [4.78, 5) is 9.12. The standard InChI is InChI=1S/C12H21N3/c1-4-6-12(13-7-5-2)15-10-8-14(3)9-11-15/h4-7H,8-11H2,1-3H3/b6-4-,7-5-,13-12+. The van der Waals surface area contributed by atoms with Gasteiger partial charge < -0.3 is 9.80 Å². The van der Waals surface area contributed by atoms with E-state index in [1.165, 1.54) is 0 Å². The van der Waals surface area contributed by atoms with Crippen molar-refractivity contribution in [2.24, 2.45) is 4.99 Å². The van der Waals surface area contributed by atoms with Crippen LogP contribution in [0.25, 0.3) is 0 Å². The van der Waals surface area contributed by atoms with Crippen LogP contribution in [0, 0.1) is 0 Å². The zero-order valence-electron chi connectivity index (χ0n) is 9.98. The van der Waals surface area contributed by atoms with E-state index in [0.717, 1.165) is 32.0 Å². The van der Waals surface area contributed by atoms with Gasteiger partial charge in [-0.05, 0) is 27.0 Å². The first-order valence-electron chi connectivity index (χ1n) is 5.53. The molecule has 0 bridgehead atoms. The molecule has 0 aromatic rings. The molecule has 0 saturated carbocycles. The highest BCUT2D eigenvalue weighted by Gasteiger charge is 2.14. The third kappa shape index (κ3) is 3.88. The van der Waals surface area contributed by atoms with E-state index in [1.807, 2.05) is 32.2 Å². The topological polar surface area (TPSA) is 18.8 Å². The van der Waals surface area contributed by atoms with Gasteiger partial charge in [0.1, 0.15) is 5.84 Å². The number of aliphatic imine (C=N–C) groups is 1. The van der Waals surface area contributed by atoms with Gasteiger partial charge in [0.05, 0.1) is 0 Å². The molecule has 15 heavy (non-hydrogen) atoms. The monoisotopic (exact) mass is 207 g/mol. The van der Waals surface area contributed by atoms with Crippen LogP contribution >= 0.6 is 0 Å². The van der Waals surface area contributed by atoms with Crippen LogP contribution in [0.5, 0.6) is 0 Å². The molecule has 3 heteroatoms. The van der Waals surface area contributed by atoms with Gasteiger partial charge in [0.2, 0.25) is 0 Å². The largest absolute Gasteiger partial charge is 0.354 e. The van der Waals surface area contributed by atoms with Crippen LogP contribution in [0.2, 0.25) is 0 Å². The summed E-state index contributed by atoms with van der Waals surface area (Å²) in [6.07, 6.45) is 7.93. The minimum absolute atomic E-state index is 1.07. The van der Waals surface area contributed by atoms with E-state index < -0.39 is 0 Å². The number of piperazine rings is 1. The van der Waals surface area contributed by atoms with Crippen molar-refractivity contribution < 1.29 is 0 Å². The average molecular weight is 207 g/mol. The van der Waals surface area contributed by atoms with Crippen molar-refractivity contribution in [3.63, 3.8) is 0 Å². The minimum Gasteiger partial charge on any atom is -0.354 e. The second-order valence-electron chi connectivity index (χ2n) is 3.76. The molecule has 84 valence electrons. The maximum Gasteiger partial charge on any atom is 0.128 e. The zero-order chi connectivity index (χ0) is 11.1. The minimum atomic E-state index is 1.07. The molecule has 0 aromatic carbocycles. The van der Waals surface area contributed by atoms with Gasteiger partial charge in [0.25, 0.3) is 0 Å². The molecule has 1 fully saturated rings. The lowest BCUT2D eigenvalue weighted by Gasteiger charge is -2.33. The SMILES string of the molecule is C\C=C/N=C(\C=C/C)N1CCN(C)CC1. The molecule has 1 aliphatic heterocycles. The molecule has 0 N–H and O–H groups in total. The molecule has 1 saturated heterocycles. The summed E-state index contributed by atoms with van der Waals surface area (Å²) >= 11 is 0. The Balaban J connectivity index is 2.64. The Bertz CT molecular complexity index is 258. The molecular formula is C12H21N3. The van der Waals surface area contributed by atoms with Gasteiger partial charge in [-0.1, -0.05) is 12.2 Å². The van der Waals surface area contributed by atoms with E-state index >= 15 is 0 Å². The summed E-state index contributed by atoms with van der Waals surface area (Å²) in [5.74, 6) is 1.07. The molecule has 0 aliphatic carbocycles. The van der Waals surface area contributed by atoms with Crippen molar-refractivity contribution in [3.8, 4) is 0 Å². The molecule has 0 spiro atoms. The number of likely N-dealkylation sites (N-methyl/N-ethyl adjacent to an activating group) is 1. The van der Waals surface area contributed by atoms with E-state index in [2.05, 4.69) is 27.9 Å². The van der Waals surface area contributed by atoms with Gasteiger partial charge >= 0.3 is 0 Å². The van der Waals surface area contributed by atoms with Crippen molar-refractivity contribution in [2.45, 2.75) is 13.8 Å². The number of hydrogen-bond donors (Lipinski definition) is 0. The fourth-order valence-corrected chi connectivity index (χ4v) is 1.57. The molecule has 0 atom stereocenters. The lowest BCUT2D eigenvalue weighted by molar-refractivity contribution is 0.216. The second-order valence-corrected chi connectivity index (χ2v) is 3.76. The fraction of sp³-hybridized carbons (Fsp3) is 0.583. The van der Waals surface area contributed by atoms with Crippen molar-refractivity contribution in [1.29, 1.82) is 0 Å². The van der Waals surface area contributed by atoms with Crippen LogP contribution in [0.15, 0.2) is 29.4 Å². The molecule has 1 aliphatic rings. The lowest BCUT2D eigenvalue weighted by Crippen LogP contribution is -2.46. The van der Waals surface area contributed by atoms with E-state index in [1.54, 1.807) is 0 Å². The molecule has 0 amide bonds. The summed E-state index contributed by atoms with van der Waals surface area (Å²) in [6, 6.07) is 0. The highest BCUT2D eigenvalue weighted by atomic mass is 15.3. The van der Waals surface area contributed by atoms with Crippen LogP contribution in [-0.2, 0) is 0 Å². The number of amidine groups is 1. The molecular weight excluding hydrogens is 186 g/mol. The Morgan fingerprint density at radius 2 is 1.73 bits per heavy atom. The number of hydrogen-bond acceptors (Lipinski definition) is 2. The summed E-state index contributed by atoms with van der Waals surface area (Å²) in [6.45, 7) is 8.38. The Labute approximate surface area is 92.8 Å². The van der Waals surface area contributed by atoms with Crippen LogP contribution in [0.1, 0.15) is 13.8 Å². The van der Waals surface area contributed by atoms with Crippen molar-refractivity contribution in [2.75, 3.05) is 33.2 Å². The lowest BCUT2D eigenvalue weighted by atomic mass is 10.3. The van der Waals surface area contributed by atoms with Gasteiger partial charge in [0, 0.05) is 32.4 Å². The third-order valence-electron chi connectivity index (χ3n) is 2.50. The maximum atomic E-state index is 4.44. The molecule has 0 aromatic heterocycles. The van der Waals surface area contributed by atoms with Crippen molar-refractivity contribution in [3.05, 3.63) is 24.4 Å². The first-order valence-corrected chi connectivity index (χ1v) is 5.53. The third-order valence-corrected chi connectivity index (χ3v) is 2.50. The Morgan fingerprint density at radius 3 is 2.27 bits per heavy atom. The van der Waals surface area contributed by atoms with Crippen molar-refractivity contribution in [1.82, 2.24) is 9.80 Å². The van der Waals surface area contributed by atoms with E-state index in [-0.39, 0.29) is 0 Å². The van der Waals surface area contributed by atoms with Crippen LogP contribution < -0.4 is 0 Å². The van der Waals surface area contributed by atoms with Crippen LogP contribution in [0.4, 0.5) is 0 Å². The normalized spacial score (nSPS) is 20.7. The molecule has 1 rings (SSSR count).